The molecule has 9 heteroatoms. The minimum Gasteiger partial charge on any atom is -0.449 e. The average Bonchev–Trinajstić information content (AvgIpc) is 2.71. The molecule has 0 fully saturated rings. The SMILES string of the molecule is CC(OC(=O)C1=CC=CN2CCS(=O)(=O)N=C12)C(=O)N1CCc2ccccc2C1. The van der Waals surface area contributed by atoms with Crippen molar-refractivity contribution in [1.29, 1.82) is 0 Å². The maximum Gasteiger partial charge on any atom is 0.342 e. The van der Waals surface area contributed by atoms with Gasteiger partial charge in [0.2, 0.25) is 0 Å². The van der Waals surface area contributed by atoms with Crippen LogP contribution in [0.2, 0.25) is 0 Å². The van der Waals surface area contributed by atoms with E-state index in [0.29, 0.717) is 13.1 Å². The van der Waals surface area contributed by atoms with Crippen LogP contribution in [0.1, 0.15) is 18.1 Å². The third-order valence-electron chi connectivity index (χ3n) is 5.15. The fraction of sp³-hybridized carbons (Fsp3) is 0.350. The fourth-order valence-corrected chi connectivity index (χ4v) is 4.58. The van der Waals surface area contributed by atoms with Gasteiger partial charge in [0, 0.05) is 25.8 Å². The minimum absolute atomic E-state index is 0.0272. The second kappa shape index (κ2) is 7.47. The monoisotopic (exact) mass is 415 g/mol. The van der Waals surface area contributed by atoms with Crippen LogP contribution in [-0.2, 0) is 37.3 Å². The molecule has 0 spiro atoms. The van der Waals surface area contributed by atoms with Gasteiger partial charge in [-0.05, 0) is 36.6 Å². The third kappa shape index (κ3) is 3.95. The molecule has 0 radical (unpaired) electrons. The highest BCUT2D eigenvalue weighted by atomic mass is 32.2. The van der Waals surface area contributed by atoms with Crippen LogP contribution in [0.3, 0.4) is 0 Å². The standard InChI is InChI=1S/C20H21N3O5S/c1-14(19(24)23-10-8-15-5-2-3-6-16(15)13-23)28-20(25)17-7-4-9-22-11-12-29(26,27)21-18(17)22/h2-7,9,14H,8,10-13H2,1H3. The van der Waals surface area contributed by atoms with Crippen molar-refractivity contribution in [2.45, 2.75) is 26.0 Å². The second-order valence-electron chi connectivity index (χ2n) is 7.14. The zero-order valence-electron chi connectivity index (χ0n) is 15.9. The van der Waals surface area contributed by atoms with E-state index in [9.17, 15) is 18.0 Å². The Hall–Kier alpha value is -2.94. The maximum absolute atomic E-state index is 12.8. The number of allylic oxidation sites excluding steroid dienone is 2. The molecule has 0 bridgehead atoms. The molecular formula is C20H21N3O5S. The van der Waals surface area contributed by atoms with Crippen molar-refractivity contribution in [1.82, 2.24) is 9.80 Å². The lowest BCUT2D eigenvalue weighted by Crippen LogP contribution is -2.44. The summed E-state index contributed by atoms with van der Waals surface area (Å²) in [5, 5.41) is 0. The Morgan fingerprint density at radius 2 is 1.93 bits per heavy atom. The van der Waals surface area contributed by atoms with Crippen LogP contribution in [0, 0.1) is 0 Å². The van der Waals surface area contributed by atoms with Gasteiger partial charge >= 0.3 is 5.97 Å². The Kier molecular flexibility index (Phi) is 4.99. The number of ether oxygens (including phenoxy) is 1. The van der Waals surface area contributed by atoms with E-state index < -0.39 is 22.1 Å². The number of carbonyl (C=O) groups excluding carboxylic acids is 2. The largest absolute Gasteiger partial charge is 0.449 e. The van der Waals surface area contributed by atoms with Gasteiger partial charge in [-0.1, -0.05) is 24.3 Å². The molecule has 0 aliphatic carbocycles. The summed E-state index contributed by atoms with van der Waals surface area (Å²) in [4.78, 5) is 28.7. The van der Waals surface area contributed by atoms with Crippen molar-refractivity contribution < 1.29 is 22.7 Å². The van der Waals surface area contributed by atoms with Gasteiger partial charge in [-0.2, -0.15) is 0 Å². The summed E-state index contributed by atoms with van der Waals surface area (Å²) in [6.07, 6.45) is 4.49. The number of nitrogens with zero attached hydrogens (tertiary/aromatic N) is 3. The topological polar surface area (TPSA) is 96.3 Å². The first kappa shape index (κ1) is 19.4. The summed E-state index contributed by atoms with van der Waals surface area (Å²) in [5.41, 5.74) is 2.33. The van der Waals surface area contributed by atoms with E-state index in [1.165, 1.54) is 18.6 Å². The van der Waals surface area contributed by atoms with Gasteiger partial charge in [0.1, 0.15) is 5.57 Å². The molecule has 1 unspecified atom stereocenters. The Labute approximate surface area is 169 Å². The highest BCUT2D eigenvalue weighted by Crippen LogP contribution is 2.21. The van der Waals surface area contributed by atoms with Crippen molar-refractivity contribution in [3.05, 3.63) is 59.3 Å². The number of benzene rings is 1. The quantitative estimate of drug-likeness (QED) is 0.684. The Balaban J connectivity index is 1.46. The van der Waals surface area contributed by atoms with Crippen molar-refractivity contribution in [3.63, 3.8) is 0 Å². The normalized spacial score (nSPS) is 20.7. The predicted molar refractivity (Wildman–Crippen MR) is 106 cm³/mol. The van der Waals surface area contributed by atoms with Crippen molar-refractivity contribution in [2.24, 2.45) is 4.40 Å². The zero-order valence-corrected chi connectivity index (χ0v) is 16.8. The molecule has 8 nitrogen and oxygen atoms in total. The predicted octanol–water partition coefficient (Wildman–Crippen LogP) is 1.00. The van der Waals surface area contributed by atoms with E-state index in [4.69, 9.17) is 4.74 Å². The summed E-state index contributed by atoms with van der Waals surface area (Å²) >= 11 is 0. The summed E-state index contributed by atoms with van der Waals surface area (Å²) < 4.78 is 32.7. The van der Waals surface area contributed by atoms with Crippen LogP contribution in [0.15, 0.2) is 52.6 Å². The molecule has 1 atom stereocenters. The lowest BCUT2D eigenvalue weighted by Gasteiger charge is -2.31. The van der Waals surface area contributed by atoms with Crippen LogP contribution in [0.4, 0.5) is 0 Å². The average molecular weight is 415 g/mol. The van der Waals surface area contributed by atoms with Crippen molar-refractivity contribution >= 4 is 27.7 Å². The molecule has 3 aliphatic heterocycles. The van der Waals surface area contributed by atoms with Crippen molar-refractivity contribution in [3.8, 4) is 0 Å². The first-order valence-electron chi connectivity index (χ1n) is 9.39. The third-order valence-corrected chi connectivity index (χ3v) is 6.30. The van der Waals surface area contributed by atoms with E-state index in [2.05, 4.69) is 4.40 Å². The molecule has 1 amide bonds. The highest BCUT2D eigenvalue weighted by Gasteiger charge is 2.33. The Morgan fingerprint density at radius 3 is 2.72 bits per heavy atom. The van der Waals surface area contributed by atoms with E-state index in [0.717, 1.165) is 12.0 Å². The molecule has 0 saturated heterocycles. The number of rotatable bonds is 3. The second-order valence-corrected chi connectivity index (χ2v) is 8.90. The molecule has 3 aliphatic rings. The van der Waals surface area contributed by atoms with Crippen LogP contribution < -0.4 is 0 Å². The first-order valence-corrected chi connectivity index (χ1v) is 11.0. The number of hydrogen-bond acceptors (Lipinski definition) is 6. The first-order chi connectivity index (χ1) is 13.8. The highest BCUT2D eigenvalue weighted by molar-refractivity contribution is 7.90. The van der Waals surface area contributed by atoms with Gasteiger partial charge in [-0.25, -0.2) is 13.2 Å². The molecule has 4 rings (SSSR count). The summed E-state index contributed by atoms with van der Waals surface area (Å²) in [6.45, 7) is 2.77. The molecule has 152 valence electrons. The van der Waals surface area contributed by atoms with Crippen LogP contribution >= 0.6 is 0 Å². The maximum atomic E-state index is 12.8. The molecule has 3 heterocycles. The molecule has 1 aromatic rings. The smallest absolute Gasteiger partial charge is 0.342 e. The number of hydrogen-bond donors (Lipinski definition) is 0. The van der Waals surface area contributed by atoms with Gasteiger partial charge in [-0.15, -0.1) is 4.40 Å². The minimum atomic E-state index is -3.62. The van der Waals surface area contributed by atoms with E-state index >= 15 is 0 Å². The molecule has 0 saturated carbocycles. The van der Waals surface area contributed by atoms with Crippen LogP contribution in [-0.4, -0.2) is 60.9 Å². The van der Waals surface area contributed by atoms with Crippen LogP contribution in [0.25, 0.3) is 0 Å². The number of amidine groups is 1. The van der Waals surface area contributed by atoms with Gasteiger partial charge < -0.3 is 14.5 Å². The molecule has 29 heavy (non-hydrogen) atoms. The van der Waals surface area contributed by atoms with E-state index in [-0.39, 0.29) is 29.6 Å². The number of esters is 1. The molecular weight excluding hydrogens is 394 g/mol. The zero-order chi connectivity index (χ0) is 20.6. The van der Waals surface area contributed by atoms with Crippen LogP contribution in [0.5, 0.6) is 0 Å². The summed E-state index contributed by atoms with van der Waals surface area (Å²) in [6, 6.07) is 7.95. The molecule has 0 aromatic heterocycles. The number of fused-ring (bicyclic) bond motifs is 2. The molecule has 0 N–H and O–H groups in total. The van der Waals surface area contributed by atoms with Gasteiger partial charge in [0.05, 0.1) is 5.75 Å². The van der Waals surface area contributed by atoms with Gasteiger partial charge in [0.15, 0.2) is 11.9 Å². The summed E-state index contributed by atoms with van der Waals surface area (Å²) in [5.74, 6) is -1.13. The van der Waals surface area contributed by atoms with E-state index in [1.54, 1.807) is 22.1 Å². The number of sulfonamides is 1. The molecule has 1 aromatic carbocycles. The lowest BCUT2D eigenvalue weighted by atomic mass is 9.99. The lowest BCUT2D eigenvalue weighted by molar-refractivity contribution is -0.156. The number of carbonyl (C=O) groups is 2. The summed E-state index contributed by atoms with van der Waals surface area (Å²) in [7, 11) is -3.62. The van der Waals surface area contributed by atoms with Gasteiger partial charge in [-0.3, -0.25) is 4.79 Å². The van der Waals surface area contributed by atoms with E-state index in [1.807, 2.05) is 24.3 Å². The fourth-order valence-electron chi connectivity index (χ4n) is 3.59. The van der Waals surface area contributed by atoms with Gasteiger partial charge in [0.25, 0.3) is 15.9 Å². The Bertz CT molecular complexity index is 1060. The Morgan fingerprint density at radius 1 is 1.17 bits per heavy atom. The number of amides is 1. The van der Waals surface area contributed by atoms with Crippen molar-refractivity contribution in [2.75, 3.05) is 18.8 Å².